The standard InChI is InChI=1S/C14H8F3N3O3S/c15-14(16,17)6-4-7-10(19-5-6)9(12(22)20(7)13(18)23)11(21)8-2-1-3-24-8/h1-5,22H,(H2,18,23). The van der Waals surface area contributed by atoms with Gasteiger partial charge in [0.1, 0.15) is 11.1 Å². The summed E-state index contributed by atoms with van der Waals surface area (Å²) in [6.07, 6.45) is -4.18. The van der Waals surface area contributed by atoms with Gasteiger partial charge < -0.3 is 10.8 Å². The van der Waals surface area contributed by atoms with Gasteiger partial charge in [-0.15, -0.1) is 11.3 Å². The normalized spacial score (nSPS) is 11.8. The van der Waals surface area contributed by atoms with Crippen molar-refractivity contribution >= 4 is 34.2 Å². The lowest BCUT2D eigenvalue weighted by Gasteiger charge is -2.06. The van der Waals surface area contributed by atoms with E-state index in [4.69, 9.17) is 5.73 Å². The lowest BCUT2D eigenvalue weighted by atomic mass is 10.1. The van der Waals surface area contributed by atoms with Crippen LogP contribution in [-0.2, 0) is 6.18 Å². The second-order valence-electron chi connectivity index (χ2n) is 4.77. The van der Waals surface area contributed by atoms with Gasteiger partial charge in [-0.1, -0.05) is 6.07 Å². The Morgan fingerprint density at radius 2 is 2.04 bits per heavy atom. The number of pyridine rings is 1. The lowest BCUT2D eigenvalue weighted by molar-refractivity contribution is -0.137. The van der Waals surface area contributed by atoms with E-state index >= 15 is 0 Å². The van der Waals surface area contributed by atoms with Crippen LogP contribution in [0.2, 0.25) is 0 Å². The van der Waals surface area contributed by atoms with Gasteiger partial charge in [0.15, 0.2) is 0 Å². The molecule has 6 nitrogen and oxygen atoms in total. The SMILES string of the molecule is NC(=O)n1c(O)c(C(=O)c2cccs2)c2ncc(C(F)(F)F)cc21. The number of primary amides is 1. The van der Waals surface area contributed by atoms with Crippen LogP contribution in [0.1, 0.15) is 20.8 Å². The molecule has 3 heterocycles. The Morgan fingerprint density at radius 3 is 2.58 bits per heavy atom. The zero-order valence-corrected chi connectivity index (χ0v) is 12.5. The van der Waals surface area contributed by atoms with Crippen LogP contribution in [0.25, 0.3) is 11.0 Å². The third-order valence-corrected chi connectivity index (χ3v) is 4.17. The number of aromatic hydroxyl groups is 1. The topological polar surface area (TPSA) is 98.2 Å². The van der Waals surface area contributed by atoms with Crippen molar-refractivity contribution in [2.24, 2.45) is 5.73 Å². The van der Waals surface area contributed by atoms with Gasteiger partial charge >= 0.3 is 12.2 Å². The summed E-state index contributed by atoms with van der Waals surface area (Å²) in [5.74, 6) is -1.51. The number of alkyl halides is 3. The minimum atomic E-state index is -4.71. The molecule has 3 aromatic rings. The minimum absolute atomic E-state index is 0.232. The van der Waals surface area contributed by atoms with Gasteiger partial charge in [0.25, 0.3) is 0 Å². The Balaban J connectivity index is 2.33. The highest BCUT2D eigenvalue weighted by molar-refractivity contribution is 7.12. The molecule has 0 atom stereocenters. The number of nitrogens with two attached hydrogens (primary N) is 1. The van der Waals surface area contributed by atoms with Crippen LogP contribution in [0, 0.1) is 0 Å². The summed E-state index contributed by atoms with van der Waals surface area (Å²) in [7, 11) is 0. The number of carbonyl (C=O) groups is 2. The first-order valence-corrected chi connectivity index (χ1v) is 7.28. The number of hydrogen-bond donors (Lipinski definition) is 2. The number of nitrogens with zero attached hydrogens (tertiary/aromatic N) is 2. The van der Waals surface area contributed by atoms with E-state index < -0.39 is 35.0 Å². The van der Waals surface area contributed by atoms with Gasteiger partial charge in [0.05, 0.1) is 16.0 Å². The summed E-state index contributed by atoms with van der Waals surface area (Å²) < 4.78 is 39.0. The number of thiophene rings is 1. The monoisotopic (exact) mass is 355 g/mol. The molecule has 0 fully saturated rings. The van der Waals surface area contributed by atoms with Crippen LogP contribution in [0.5, 0.6) is 5.88 Å². The largest absolute Gasteiger partial charge is 0.494 e. The smallest absolute Gasteiger partial charge is 0.417 e. The van der Waals surface area contributed by atoms with Crippen LogP contribution < -0.4 is 5.73 Å². The zero-order chi connectivity index (χ0) is 17.6. The van der Waals surface area contributed by atoms with Crippen LogP contribution >= 0.6 is 11.3 Å². The van der Waals surface area contributed by atoms with Gasteiger partial charge in [0.2, 0.25) is 11.7 Å². The number of aromatic nitrogens is 2. The van der Waals surface area contributed by atoms with Crippen LogP contribution in [0.15, 0.2) is 29.8 Å². The summed E-state index contributed by atoms with van der Waals surface area (Å²) in [5, 5.41) is 11.8. The molecule has 0 saturated heterocycles. The average Bonchev–Trinajstić information content (AvgIpc) is 3.10. The summed E-state index contributed by atoms with van der Waals surface area (Å²) in [4.78, 5) is 27.9. The predicted molar refractivity (Wildman–Crippen MR) is 79.1 cm³/mol. The van der Waals surface area contributed by atoms with E-state index in [0.29, 0.717) is 16.8 Å². The third-order valence-electron chi connectivity index (χ3n) is 3.30. The molecule has 0 spiro atoms. The predicted octanol–water partition coefficient (Wildman–Crippen LogP) is 2.98. The van der Waals surface area contributed by atoms with E-state index in [1.54, 1.807) is 11.4 Å². The first-order valence-electron chi connectivity index (χ1n) is 6.40. The maximum absolute atomic E-state index is 12.8. The molecule has 0 aromatic carbocycles. The number of rotatable bonds is 2. The second kappa shape index (κ2) is 5.34. The van der Waals surface area contributed by atoms with Crippen molar-refractivity contribution in [2.45, 2.75) is 6.18 Å². The van der Waals surface area contributed by atoms with Gasteiger partial charge in [-0.25, -0.2) is 9.36 Å². The quantitative estimate of drug-likeness (QED) is 0.691. The van der Waals surface area contributed by atoms with E-state index in [1.807, 2.05) is 0 Å². The number of ketones is 1. The fraction of sp³-hybridized carbons (Fsp3) is 0.0714. The lowest BCUT2D eigenvalue weighted by Crippen LogP contribution is -2.19. The van der Waals surface area contributed by atoms with E-state index in [-0.39, 0.29) is 16.0 Å². The minimum Gasteiger partial charge on any atom is -0.494 e. The first-order chi connectivity index (χ1) is 11.2. The van der Waals surface area contributed by atoms with Crippen molar-refractivity contribution in [1.82, 2.24) is 9.55 Å². The molecule has 0 aliphatic carbocycles. The Morgan fingerprint density at radius 1 is 1.33 bits per heavy atom. The van der Waals surface area contributed by atoms with E-state index in [1.165, 1.54) is 6.07 Å². The maximum atomic E-state index is 12.8. The van der Waals surface area contributed by atoms with Gasteiger partial charge in [-0.3, -0.25) is 9.78 Å². The Hall–Kier alpha value is -2.88. The summed E-state index contributed by atoms with van der Waals surface area (Å²) >= 11 is 1.07. The summed E-state index contributed by atoms with van der Waals surface area (Å²) in [6.45, 7) is 0. The Labute approximate surface area is 135 Å². The molecule has 0 aliphatic heterocycles. The molecule has 3 aromatic heterocycles. The molecule has 124 valence electrons. The zero-order valence-electron chi connectivity index (χ0n) is 11.7. The van der Waals surface area contributed by atoms with Gasteiger partial charge in [0, 0.05) is 6.20 Å². The molecular formula is C14H8F3N3O3S. The molecule has 0 aliphatic rings. The van der Waals surface area contributed by atoms with Gasteiger partial charge in [-0.05, 0) is 17.5 Å². The number of hydrogen-bond acceptors (Lipinski definition) is 5. The molecular weight excluding hydrogens is 347 g/mol. The molecule has 0 radical (unpaired) electrons. The third kappa shape index (κ3) is 2.40. The number of fused-ring (bicyclic) bond motifs is 1. The molecule has 3 N–H and O–H groups in total. The van der Waals surface area contributed by atoms with Crippen molar-refractivity contribution in [2.75, 3.05) is 0 Å². The average molecular weight is 355 g/mol. The van der Waals surface area contributed by atoms with Crippen molar-refractivity contribution in [1.29, 1.82) is 0 Å². The van der Waals surface area contributed by atoms with Crippen molar-refractivity contribution in [3.63, 3.8) is 0 Å². The molecule has 0 unspecified atom stereocenters. The number of carbonyl (C=O) groups excluding carboxylic acids is 2. The second-order valence-corrected chi connectivity index (χ2v) is 5.72. The highest BCUT2D eigenvalue weighted by Gasteiger charge is 2.34. The molecule has 0 saturated carbocycles. The number of amides is 1. The molecule has 1 amide bonds. The van der Waals surface area contributed by atoms with E-state index in [9.17, 15) is 27.9 Å². The molecule has 24 heavy (non-hydrogen) atoms. The van der Waals surface area contributed by atoms with Crippen LogP contribution in [0.4, 0.5) is 18.0 Å². The fourth-order valence-corrected chi connectivity index (χ4v) is 2.94. The summed E-state index contributed by atoms with van der Waals surface area (Å²) in [6, 6.07) is 2.45. The van der Waals surface area contributed by atoms with Crippen LogP contribution in [-0.4, -0.2) is 26.5 Å². The van der Waals surface area contributed by atoms with Crippen molar-refractivity contribution < 1.29 is 27.9 Å². The van der Waals surface area contributed by atoms with Crippen molar-refractivity contribution in [3.05, 3.63) is 45.8 Å². The summed E-state index contributed by atoms with van der Waals surface area (Å²) in [5.41, 5.74) is 2.98. The van der Waals surface area contributed by atoms with Crippen molar-refractivity contribution in [3.8, 4) is 5.88 Å². The van der Waals surface area contributed by atoms with Crippen LogP contribution in [0.3, 0.4) is 0 Å². The molecule has 0 bridgehead atoms. The van der Waals surface area contributed by atoms with E-state index in [0.717, 1.165) is 11.3 Å². The Bertz CT molecular complexity index is 961. The highest BCUT2D eigenvalue weighted by atomic mass is 32.1. The Kier molecular flexibility index (Phi) is 3.56. The fourth-order valence-electron chi connectivity index (χ4n) is 2.27. The highest BCUT2D eigenvalue weighted by Crippen LogP contribution is 2.36. The molecule has 3 rings (SSSR count). The first kappa shape index (κ1) is 16.0. The number of halogens is 3. The maximum Gasteiger partial charge on any atom is 0.417 e. The van der Waals surface area contributed by atoms with Gasteiger partial charge in [-0.2, -0.15) is 13.2 Å². The van der Waals surface area contributed by atoms with E-state index in [2.05, 4.69) is 4.98 Å². The molecule has 10 heteroatoms.